The van der Waals surface area contributed by atoms with Gasteiger partial charge in [0, 0.05) is 10.5 Å². The first-order valence-corrected chi connectivity index (χ1v) is 8.01. The molecule has 0 aromatic heterocycles. The SMILES string of the molecule is CC[C@@H](C)N(CC(=O)O)S(=O)(=O)c1cccc(Br)c1. The summed E-state index contributed by atoms with van der Waals surface area (Å²) < 4.78 is 26.6. The lowest BCUT2D eigenvalue weighted by Gasteiger charge is -2.26. The Morgan fingerprint density at radius 3 is 2.58 bits per heavy atom. The van der Waals surface area contributed by atoms with Gasteiger partial charge in [-0.2, -0.15) is 4.31 Å². The first-order valence-electron chi connectivity index (χ1n) is 5.78. The number of sulfonamides is 1. The van der Waals surface area contributed by atoms with Crippen LogP contribution in [0.5, 0.6) is 0 Å². The molecule has 0 aliphatic carbocycles. The maximum absolute atomic E-state index is 12.5. The molecule has 1 atom stereocenters. The summed E-state index contributed by atoms with van der Waals surface area (Å²) >= 11 is 3.21. The van der Waals surface area contributed by atoms with Gasteiger partial charge in [-0.15, -0.1) is 0 Å². The lowest BCUT2D eigenvalue weighted by atomic mass is 10.2. The van der Waals surface area contributed by atoms with Crippen LogP contribution in [0, 0.1) is 0 Å². The van der Waals surface area contributed by atoms with Crippen LogP contribution in [0.15, 0.2) is 33.6 Å². The van der Waals surface area contributed by atoms with Gasteiger partial charge in [0.05, 0.1) is 4.90 Å². The highest BCUT2D eigenvalue weighted by molar-refractivity contribution is 9.10. The van der Waals surface area contributed by atoms with Crippen molar-refractivity contribution in [1.82, 2.24) is 4.31 Å². The van der Waals surface area contributed by atoms with E-state index in [1.54, 1.807) is 19.1 Å². The molecule has 0 bridgehead atoms. The third-order valence-corrected chi connectivity index (χ3v) is 5.23. The number of hydrogen-bond acceptors (Lipinski definition) is 3. The van der Waals surface area contributed by atoms with Gasteiger partial charge in [-0.1, -0.05) is 28.9 Å². The van der Waals surface area contributed by atoms with E-state index in [9.17, 15) is 13.2 Å². The predicted molar refractivity (Wildman–Crippen MR) is 75.4 cm³/mol. The molecule has 1 N–H and O–H groups in total. The fourth-order valence-electron chi connectivity index (χ4n) is 1.58. The van der Waals surface area contributed by atoms with Gasteiger partial charge in [-0.05, 0) is 31.5 Å². The van der Waals surface area contributed by atoms with E-state index in [0.29, 0.717) is 10.9 Å². The number of halogens is 1. The highest BCUT2D eigenvalue weighted by atomic mass is 79.9. The zero-order valence-corrected chi connectivity index (χ0v) is 13.1. The van der Waals surface area contributed by atoms with Crippen LogP contribution in [0.3, 0.4) is 0 Å². The molecule has 5 nitrogen and oxygen atoms in total. The summed E-state index contributed by atoms with van der Waals surface area (Å²) in [6.45, 7) is 2.97. The zero-order chi connectivity index (χ0) is 14.6. The number of carboxylic acid groups (broad SMARTS) is 1. The summed E-state index contributed by atoms with van der Waals surface area (Å²) in [7, 11) is -3.81. The van der Waals surface area contributed by atoms with Crippen molar-refractivity contribution in [3.8, 4) is 0 Å². The van der Waals surface area contributed by atoms with Crippen LogP contribution < -0.4 is 0 Å². The van der Waals surface area contributed by atoms with E-state index in [4.69, 9.17) is 5.11 Å². The fraction of sp³-hybridized carbons (Fsp3) is 0.417. The van der Waals surface area contributed by atoms with Crippen molar-refractivity contribution in [1.29, 1.82) is 0 Å². The standard InChI is InChI=1S/C12H16BrNO4S/c1-3-9(2)14(8-12(15)16)19(17,18)11-6-4-5-10(13)7-11/h4-7,9H,3,8H2,1-2H3,(H,15,16)/t9-/m1/s1. The second-order valence-electron chi connectivity index (χ2n) is 4.16. The van der Waals surface area contributed by atoms with Crippen molar-refractivity contribution in [3.63, 3.8) is 0 Å². The van der Waals surface area contributed by atoms with Crippen LogP contribution in [0.1, 0.15) is 20.3 Å². The van der Waals surface area contributed by atoms with Crippen molar-refractivity contribution in [2.75, 3.05) is 6.54 Å². The fourth-order valence-corrected chi connectivity index (χ4v) is 3.83. The third kappa shape index (κ3) is 4.02. The van der Waals surface area contributed by atoms with Gasteiger partial charge < -0.3 is 5.11 Å². The molecule has 0 radical (unpaired) electrons. The quantitative estimate of drug-likeness (QED) is 0.855. The number of aliphatic carboxylic acids is 1. The minimum Gasteiger partial charge on any atom is -0.480 e. The smallest absolute Gasteiger partial charge is 0.318 e. The van der Waals surface area contributed by atoms with Gasteiger partial charge >= 0.3 is 5.97 Å². The van der Waals surface area contributed by atoms with Crippen LogP contribution in [0.2, 0.25) is 0 Å². The van der Waals surface area contributed by atoms with Crippen molar-refractivity contribution in [2.24, 2.45) is 0 Å². The summed E-state index contributed by atoms with van der Waals surface area (Å²) in [5, 5.41) is 8.88. The predicted octanol–water partition coefficient (Wildman–Crippen LogP) is 2.32. The van der Waals surface area contributed by atoms with Crippen molar-refractivity contribution in [3.05, 3.63) is 28.7 Å². The molecule has 19 heavy (non-hydrogen) atoms. The average molecular weight is 350 g/mol. The second-order valence-corrected chi connectivity index (χ2v) is 6.96. The minimum absolute atomic E-state index is 0.0865. The van der Waals surface area contributed by atoms with Gasteiger partial charge in [-0.25, -0.2) is 8.42 Å². The highest BCUT2D eigenvalue weighted by Gasteiger charge is 2.30. The monoisotopic (exact) mass is 349 g/mol. The Bertz CT molecular complexity index is 559. The molecule has 0 saturated carbocycles. The molecule has 0 spiro atoms. The van der Waals surface area contributed by atoms with Crippen LogP contribution in [-0.2, 0) is 14.8 Å². The van der Waals surface area contributed by atoms with Crippen molar-refractivity contribution >= 4 is 31.9 Å². The molecule has 1 aromatic carbocycles. The van der Waals surface area contributed by atoms with E-state index < -0.39 is 22.5 Å². The Hall–Kier alpha value is -0.920. The normalized spacial score (nSPS) is 13.5. The molecule has 1 rings (SSSR count). The van der Waals surface area contributed by atoms with Crippen LogP contribution in [-0.4, -0.2) is 36.4 Å². The summed E-state index contributed by atoms with van der Waals surface area (Å²) in [6.07, 6.45) is 0.542. The summed E-state index contributed by atoms with van der Waals surface area (Å²) in [6, 6.07) is 5.86. The molecule has 106 valence electrons. The topological polar surface area (TPSA) is 74.7 Å². The van der Waals surface area contributed by atoms with Gasteiger partial charge in [0.15, 0.2) is 0 Å². The molecule has 0 heterocycles. The number of rotatable bonds is 6. The van der Waals surface area contributed by atoms with E-state index >= 15 is 0 Å². The first-order chi connectivity index (χ1) is 8.78. The van der Waals surface area contributed by atoms with E-state index in [2.05, 4.69) is 15.9 Å². The second kappa shape index (κ2) is 6.49. The van der Waals surface area contributed by atoms with Crippen molar-refractivity contribution < 1.29 is 18.3 Å². The summed E-state index contributed by atoms with van der Waals surface area (Å²) in [5.41, 5.74) is 0. The lowest BCUT2D eigenvalue weighted by Crippen LogP contribution is -2.41. The number of benzene rings is 1. The summed E-state index contributed by atoms with van der Waals surface area (Å²) in [4.78, 5) is 10.9. The maximum Gasteiger partial charge on any atom is 0.318 e. The Morgan fingerprint density at radius 2 is 2.11 bits per heavy atom. The maximum atomic E-state index is 12.5. The number of carboxylic acids is 1. The van der Waals surface area contributed by atoms with Gasteiger partial charge in [0.1, 0.15) is 6.54 Å². The van der Waals surface area contributed by atoms with Gasteiger partial charge in [-0.3, -0.25) is 4.79 Å². The number of hydrogen-bond donors (Lipinski definition) is 1. The summed E-state index contributed by atoms with van der Waals surface area (Å²) in [5.74, 6) is -1.17. The molecular weight excluding hydrogens is 334 g/mol. The molecule has 0 fully saturated rings. The molecule has 1 aromatic rings. The van der Waals surface area contributed by atoms with E-state index in [1.807, 2.05) is 6.92 Å². The van der Waals surface area contributed by atoms with Gasteiger partial charge in [0.25, 0.3) is 0 Å². The van der Waals surface area contributed by atoms with Crippen LogP contribution in [0.4, 0.5) is 0 Å². The highest BCUT2D eigenvalue weighted by Crippen LogP contribution is 2.22. The van der Waals surface area contributed by atoms with Gasteiger partial charge in [0.2, 0.25) is 10.0 Å². The van der Waals surface area contributed by atoms with E-state index in [0.717, 1.165) is 4.31 Å². The Balaban J connectivity index is 3.23. The van der Waals surface area contributed by atoms with Crippen LogP contribution >= 0.6 is 15.9 Å². The Morgan fingerprint density at radius 1 is 1.47 bits per heavy atom. The first kappa shape index (κ1) is 16.1. The molecule has 7 heteroatoms. The molecule has 0 saturated heterocycles. The lowest BCUT2D eigenvalue weighted by molar-refractivity contribution is -0.137. The molecule has 0 amide bonds. The Labute approximate surface area is 121 Å². The molecule has 0 aliphatic rings. The number of carbonyl (C=O) groups is 1. The molecule has 0 unspecified atom stereocenters. The van der Waals surface area contributed by atoms with E-state index in [-0.39, 0.29) is 10.9 Å². The zero-order valence-electron chi connectivity index (χ0n) is 10.7. The Kier molecular flexibility index (Phi) is 5.51. The molecule has 0 aliphatic heterocycles. The van der Waals surface area contributed by atoms with Crippen LogP contribution in [0.25, 0.3) is 0 Å². The van der Waals surface area contributed by atoms with E-state index in [1.165, 1.54) is 12.1 Å². The minimum atomic E-state index is -3.81. The average Bonchev–Trinajstić information content (AvgIpc) is 2.34. The largest absolute Gasteiger partial charge is 0.480 e. The molecular formula is C12H16BrNO4S. The third-order valence-electron chi connectivity index (χ3n) is 2.78. The van der Waals surface area contributed by atoms with Crippen molar-refractivity contribution in [2.45, 2.75) is 31.2 Å². The number of nitrogens with zero attached hydrogens (tertiary/aromatic N) is 1.